The van der Waals surface area contributed by atoms with Crippen LogP contribution in [0.4, 0.5) is 5.82 Å². The quantitative estimate of drug-likeness (QED) is 0.828. The second-order valence-electron chi connectivity index (χ2n) is 4.56. The summed E-state index contributed by atoms with van der Waals surface area (Å²) in [5, 5.41) is 4.06. The second-order valence-corrected chi connectivity index (χ2v) is 6.58. The van der Waals surface area contributed by atoms with Crippen LogP contribution in [0.3, 0.4) is 0 Å². The van der Waals surface area contributed by atoms with Crippen LogP contribution in [0.25, 0.3) is 0 Å². The van der Waals surface area contributed by atoms with Crippen LogP contribution in [0, 0.1) is 0 Å². The smallest absolute Gasteiger partial charge is 0.178 e. The van der Waals surface area contributed by atoms with E-state index in [0.29, 0.717) is 6.54 Å². The normalized spacial score (nSPS) is 11.5. The van der Waals surface area contributed by atoms with Crippen LogP contribution in [-0.4, -0.2) is 43.5 Å². The van der Waals surface area contributed by atoms with Crippen molar-refractivity contribution in [2.45, 2.75) is 11.4 Å². The number of aromatic nitrogens is 3. The van der Waals surface area contributed by atoms with Gasteiger partial charge in [0.15, 0.2) is 9.84 Å². The van der Waals surface area contributed by atoms with Gasteiger partial charge in [-0.05, 0) is 17.7 Å². The van der Waals surface area contributed by atoms with E-state index < -0.39 is 9.84 Å². The van der Waals surface area contributed by atoms with E-state index in [1.165, 1.54) is 18.6 Å². The van der Waals surface area contributed by atoms with Gasteiger partial charge in [0.1, 0.15) is 10.7 Å². The Morgan fingerprint density at radius 1 is 1.37 bits per heavy atom. The average Bonchev–Trinajstić information content (AvgIpc) is 2.77. The molecule has 0 saturated carbocycles. The molecule has 2 aromatic heterocycles. The SMILES string of the molecule is CN(C)c1cc(Cn2cc(S(C)(=O)=O)cn2)ccn1. The van der Waals surface area contributed by atoms with Crippen LogP contribution in [0.1, 0.15) is 5.56 Å². The number of hydrogen-bond donors (Lipinski definition) is 0. The van der Waals surface area contributed by atoms with E-state index in [2.05, 4.69) is 10.1 Å². The number of rotatable bonds is 4. The number of anilines is 1. The molecule has 0 aromatic carbocycles. The molecule has 7 heteroatoms. The lowest BCUT2D eigenvalue weighted by Gasteiger charge is -2.12. The van der Waals surface area contributed by atoms with Crippen molar-refractivity contribution in [1.82, 2.24) is 14.8 Å². The monoisotopic (exact) mass is 280 g/mol. The Labute approximate surface area is 112 Å². The van der Waals surface area contributed by atoms with Crippen LogP contribution >= 0.6 is 0 Å². The molecule has 0 aliphatic heterocycles. The molecule has 0 aliphatic rings. The highest BCUT2D eigenvalue weighted by atomic mass is 32.2. The Hall–Kier alpha value is -1.89. The minimum atomic E-state index is -3.20. The van der Waals surface area contributed by atoms with Crippen LogP contribution in [0.15, 0.2) is 35.6 Å². The first kappa shape index (κ1) is 13.5. The minimum Gasteiger partial charge on any atom is -0.363 e. The summed E-state index contributed by atoms with van der Waals surface area (Å²) in [5.74, 6) is 0.855. The number of nitrogens with zero attached hydrogens (tertiary/aromatic N) is 4. The zero-order chi connectivity index (χ0) is 14.0. The van der Waals surface area contributed by atoms with Crippen molar-refractivity contribution in [2.75, 3.05) is 25.3 Å². The maximum absolute atomic E-state index is 11.4. The lowest BCUT2D eigenvalue weighted by Crippen LogP contribution is -2.11. The molecule has 2 heterocycles. The molecule has 2 aromatic rings. The van der Waals surface area contributed by atoms with Crippen molar-refractivity contribution < 1.29 is 8.42 Å². The predicted octanol–water partition coefficient (Wildman–Crippen LogP) is 0.796. The average molecular weight is 280 g/mol. The molecule has 0 saturated heterocycles. The molecule has 6 nitrogen and oxygen atoms in total. The van der Waals surface area contributed by atoms with Gasteiger partial charge in [0.2, 0.25) is 0 Å². The third kappa shape index (κ3) is 3.31. The zero-order valence-electron chi connectivity index (χ0n) is 11.1. The van der Waals surface area contributed by atoms with Gasteiger partial charge in [-0.1, -0.05) is 0 Å². The molecule has 0 bridgehead atoms. The van der Waals surface area contributed by atoms with Crippen molar-refractivity contribution in [1.29, 1.82) is 0 Å². The highest BCUT2D eigenvalue weighted by molar-refractivity contribution is 7.90. The predicted molar refractivity (Wildman–Crippen MR) is 73.0 cm³/mol. The Morgan fingerprint density at radius 3 is 2.68 bits per heavy atom. The van der Waals surface area contributed by atoms with Crippen LogP contribution in [-0.2, 0) is 16.4 Å². The molecule has 2 rings (SSSR count). The lowest BCUT2D eigenvalue weighted by molar-refractivity contribution is 0.601. The maximum atomic E-state index is 11.4. The summed E-state index contributed by atoms with van der Waals surface area (Å²) in [5.41, 5.74) is 1.02. The summed E-state index contributed by atoms with van der Waals surface area (Å²) in [6, 6.07) is 3.83. The fourth-order valence-electron chi connectivity index (χ4n) is 1.61. The highest BCUT2D eigenvalue weighted by Gasteiger charge is 2.10. The van der Waals surface area contributed by atoms with Gasteiger partial charge in [0, 0.05) is 32.7 Å². The maximum Gasteiger partial charge on any atom is 0.178 e. The topological polar surface area (TPSA) is 68.1 Å². The molecule has 0 N–H and O–H groups in total. The van der Waals surface area contributed by atoms with Crippen LogP contribution in [0.5, 0.6) is 0 Å². The Morgan fingerprint density at radius 2 is 2.11 bits per heavy atom. The summed E-state index contributed by atoms with van der Waals surface area (Å²) in [7, 11) is 0.637. The number of hydrogen-bond acceptors (Lipinski definition) is 5. The summed E-state index contributed by atoms with van der Waals surface area (Å²) in [6.45, 7) is 0.513. The molecule has 102 valence electrons. The molecule has 0 aliphatic carbocycles. The van der Waals surface area contributed by atoms with Crippen molar-refractivity contribution in [3.8, 4) is 0 Å². The van der Waals surface area contributed by atoms with Crippen molar-refractivity contribution in [3.05, 3.63) is 36.3 Å². The first-order valence-corrected chi connectivity index (χ1v) is 7.60. The van der Waals surface area contributed by atoms with E-state index in [1.807, 2.05) is 31.1 Å². The third-order valence-corrected chi connectivity index (χ3v) is 3.72. The Balaban J connectivity index is 2.22. The van der Waals surface area contributed by atoms with Gasteiger partial charge in [-0.2, -0.15) is 5.10 Å². The molecule has 0 fully saturated rings. The third-order valence-electron chi connectivity index (χ3n) is 2.65. The molecule has 0 spiro atoms. The molecule has 0 radical (unpaired) electrons. The minimum absolute atomic E-state index is 0.231. The molecular weight excluding hydrogens is 264 g/mol. The first-order chi connectivity index (χ1) is 8.86. The number of sulfone groups is 1. The first-order valence-electron chi connectivity index (χ1n) is 5.71. The van der Waals surface area contributed by atoms with Crippen molar-refractivity contribution in [2.24, 2.45) is 0 Å². The zero-order valence-corrected chi connectivity index (χ0v) is 11.9. The summed E-state index contributed by atoms with van der Waals surface area (Å²) in [4.78, 5) is 6.37. The number of pyridine rings is 1. The van der Waals surface area contributed by atoms with E-state index in [1.54, 1.807) is 10.9 Å². The van der Waals surface area contributed by atoms with Gasteiger partial charge in [-0.25, -0.2) is 13.4 Å². The summed E-state index contributed by atoms with van der Waals surface area (Å²) < 4.78 is 24.3. The molecule has 0 atom stereocenters. The van der Waals surface area contributed by atoms with E-state index in [9.17, 15) is 8.42 Å². The molecule has 0 amide bonds. The summed E-state index contributed by atoms with van der Waals surface area (Å²) >= 11 is 0. The highest BCUT2D eigenvalue weighted by Crippen LogP contribution is 2.12. The van der Waals surface area contributed by atoms with Gasteiger partial charge >= 0.3 is 0 Å². The molecular formula is C12H16N4O2S. The van der Waals surface area contributed by atoms with Crippen LogP contribution < -0.4 is 4.90 Å². The second kappa shape index (κ2) is 5.00. The van der Waals surface area contributed by atoms with E-state index in [-0.39, 0.29) is 4.90 Å². The van der Waals surface area contributed by atoms with E-state index in [0.717, 1.165) is 11.4 Å². The van der Waals surface area contributed by atoms with Gasteiger partial charge < -0.3 is 4.90 Å². The lowest BCUT2D eigenvalue weighted by atomic mass is 10.2. The van der Waals surface area contributed by atoms with E-state index >= 15 is 0 Å². The summed E-state index contributed by atoms with van der Waals surface area (Å²) in [6.07, 6.45) is 5.80. The van der Waals surface area contributed by atoms with Gasteiger partial charge in [0.25, 0.3) is 0 Å². The molecule has 19 heavy (non-hydrogen) atoms. The van der Waals surface area contributed by atoms with Crippen molar-refractivity contribution >= 4 is 15.7 Å². The van der Waals surface area contributed by atoms with Gasteiger partial charge in [0.05, 0.1) is 12.7 Å². The van der Waals surface area contributed by atoms with Crippen molar-refractivity contribution in [3.63, 3.8) is 0 Å². The largest absolute Gasteiger partial charge is 0.363 e. The Bertz CT molecular complexity index is 677. The van der Waals surface area contributed by atoms with Gasteiger partial charge in [-0.15, -0.1) is 0 Å². The molecule has 0 unspecified atom stereocenters. The van der Waals surface area contributed by atoms with Gasteiger partial charge in [-0.3, -0.25) is 4.68 Å². The standard InChI is InChI=1S/C12H16N4O2S/c1-15(2)12-6-10(4-5-13-12)8-16-9-11(7-14-16)19(3,17)18/h4-7,9H,8H2,1-3H3. The fourth-order valence-corrected chi connectivity index (χ4v) is 2.16. The Kier molecular flexibility index (Phi) is 3.57. The van der Waals surface area contributed by atoms with Crippen LogP contribution in [0.2, 0.25) is 0 Å². The fraction of sp³-hybridized carbons (Fsp3) is 0.333. The van der Waals surface area contributed by atoms with E-state index in [4.69, 9.17) is 0 Å².